The molecule has 102 valence electrons. The van der Waals surface area contributed by atoms with Gasteiger partial charge >= 0.3 is 0 Å². The third-order valence-electron chi connectivity index (χ3n) is 5.33. The Bertz CT molecular complexity index is 358. The van der Waals surface area contributed by atoms with E-state index in [1.54, 1.807) is 0 Å². The molecule has 5 heteroatoms. The molecule has 3 aliphatic heterocycles. The van der Waals surface area contributed by atoms with Gasteiger partial charge in [-0.3, -0.25) is 0 Å². The lowest BCUT2D eigenvalue weighted by molar-refractivity contribution is -0.299. The van der Waals surface area contributed by atoms with E-state index >= 15 is 0 Å². The molecule has 4 fully saturated rings. The normalized spacial score (nSPS) is 64.7. The van der Waals surface area contributed by atoms with Crippen LogP contribution in [-0.4, -0.2) is 35.0 Å². The molecule has 8 atom stereocenters. The van der Waals surface area contributed by atoms with E-state index in [2.05, 4.69) is 26.4 Å². The molecule has 1 aliphatic carbocycles. The Morgan fingerprint density at radius 3 is 1.72 bits per heavy atom. The van der Waals surface area contributed by atoms with Gasteiger partial charge in [-0.15, -0.1) is 23.5 Å². The number of ether oxygens (including phenoxy) is 3. The summed E-state index contributed by atoms with van der Waals surface area (Å²) < 4.78 is 18.7. The van der Waals surface area contributed by atoms with Gasteiger partial charge in [0, 0.05) is 23.7 Å². The van der Waals surface area contributed by atoms with Crippen LogP contribution in [0.4, 0.5) is 0 Å². The highest BCUT2D eigenvalue weighted by atomic mass is 32.2. The summed E-state index contributed by atoms with van der Waals surface area (Å²) in [5.74, 6) is 1.47. The predicted molar refractivity (Wildman–Crippen MR) is 73.2 cm³/mol. The molecule has 0 unspecified atom stereocenters. The molecule has 0 aromatic carbocycles. The lowest BCUT2D eigenvalue weighted by Gasteiger charge is -2.30. The van der Waals surface area contributed by atoms with Crippen molar-refractivity contribution < 1.29 is 14.2 Å². The predicted octanol–water partition coefficient (Wildman–Crippen LogP) is 2.76. The second kappa shape index (κ2) is 3.61. The molecule has 0 spiro atoms. The molecule has 4 aliphatic rings. The molecule has 0 aromatic heterocycles. The molecule has 18 heavy (non-hydrogen) atoms. The fraction of sp³-hybridized carbons (Fsp3) is 1.00. The van der Waals surface area contributed by atoms with Crippen molar-refractivity contribution in [3.63, 3.8) is 0 Å². The summed E-state index contributed by atoms with van der Waals surface area (Å²) >= 11 is 3.66. The Labute approximate surface area is 117 Å². The van der Waals surface area contributed by atoms with Gasteiger partial charge in [0.2, 0.25) is 0 Å². The zero-order valence-corrected chi connectivity index (χ0v) is 12.8. The van der Waals surface area contributed by atoms with Crippen molar-refractivity contribution in [2.24, 2.45) is 23.7 Å². The smallest absolute Gasteiger partial charge is 0.174 e. The lowest BCUT2D eigenvalue weighted by Crippen LogP contribution is -2.36. The van der Waals surface area contributed by atoms with E-state index in [1.165, 1.54) is 6.42 Å². The first-order valence-electron chi connectivity index (χ1n) is 6.64. The minimum Gasteiger partial charge on any atom is -0.336 e. The number of hydrogen-bond donors (Lipinski definition) is 0. The molecule has 3 heterocycles. The van der Waals surface area contributed by atoms with E-state index in [1.807, 2.05) is 23.5 Å². The quantitative estimate of drug-likeness (QED) is 0.779. The molecular weight excluding hydrogens is 268 g/mol. The lowest BCUT2D eigenvalue weighted by atomic mass is 9.83. The summed E-state index contributed by atoms with van der Waals surface area (Å²) in [7, 11) is 0. The minimum absolute atomic E-state index is 0.303. The van der Waals surface area contributed by atoms with E-state index < -0.39 is 11.6 Å². The van der Waals surface area contributed by atoms with Crippen LogP contribution in [0, 0.1) is 23.7 Å². The molecule has 4 rings (SSSR count). The molecule has 0 amide bonds. The summed E-state index contributed by atoms with van der Waals surface area (Å²) in [6.07, 6.45) is 5.52. The van der Waals surface area contributed by atoms with Crippen LogP contribution in [0.5, 0.6) is 0 Å². The van der Waals surface area contributed by atoms with Gasteiger partial charge < -0.3 is 14.2 Å². The maximum Gasteiger partial charge on any atom is 0.174 e. The SMILES string of the molecule is CS[C@@H]1O[C@@]2(C)O[C@@]3(C)O[C@@H](SC)[C@H]4C[C@@H]1[C@@H]2[C@H]43. The van der Waals surface area contributed by atoms with Gasteiger partial charge in [-0.25, -0.2) is 0 Å². The van der Waals surface area contributed by atoms with E-state index in [0.717, 1.165) is 0 Å². The fourth-order valence-electron chi connectivity index (χ4n) is 4.96. The third kappa shape index (κ3) is 1.26. The van der Waals surface area contributed by atoms with Crippen molar-refractivity contribution in [2.45, 2.75) is 42.7 Å². The molecule has 0 aromatic rings. The van der Waals surface area contributed by atoms with Gasteiger partial charge in [0.25, 0.3) is 0 Å². The topological polar surface area (TPSA) is 27.7 Å². The number of rotatable bonds is 2. The molecule has 3 nitrogen and oxygen atoms in total. The summed E-state index contributed by atoms with van der Waals surface area (Å²) in [6, 6.07) is 0. The van der Waals surface area contributed by atoms with Crippen molar-refractivity contribution in [2.75, 3.05) is 12.5 Å². The second-order valence-corrected chi connectivity index (χ2v) is 8.06. The van der Waals surface area contributed by atoms with Gasteiger partial charge in [0.05, 0.1) is 0 Å². The first-order chi connectivity index (χ1) is 8.52. The van der Waals surface area contributed by atoms with E-state index in [4.69, 9.17) is 14.2 Å². The average molecular weight is 288 g/mol. The molecule has 0 N–H and O–H groups in total. The molecule has 1 saturated carbocycles. The van der Waals surface area contributed by atoms with Gasteiger partial charge in [0.1, 0.15) is 10.9 Å². The Kier molecular flexibility index (Phi) is 2.47. The maximum atomic E-state index is 6.28. The molecular formula is C13H20O3S2. The van der Waals surface area contributed by atoms with Crippen molar-refractivity contribution in [1.29, 1.82) is 0 Å². The van der Waals surface area contributed by atoms with Gasteiger partial charge in [0.15, 0.2) is 11.6 Å². The van der Waals surface area contributed by atoms with Crippen LogP contribution < -0.4 is 0 Å². The van der Waals surface area contributed by atoms with Gasteiger partial charge in [-0.05, 0) is 32.8 Å². The highest BCUT2D eigenvalue weighted by molar-refractivity contribution is 7.99. The number of hydrogen-bond acceptors (Lipinski definition) is 5. The van der Waals surface area contributed by atoms with Crippen molar-refractivity contribution in [1.82, 2.24) is 0 Å². The van der Waals surface area contributed by atoms with Crippen molar-refractivity contribution >= 4 is 23.5 Å². The third-order valence-corrected chi connectivity index (χ3v) is 7.16. The first kappa shape index (κ1) is 12.3. The Hall–Kier alpha value is 0.580. The first-order valence-corrected chi connectivity index (χ1v) is 9.21. The van der Waals surface area contributed by atoms with Crippen molar-refractivity contribution in [3.05, 3.63) is 0 Å². The standard InChI is InChI=1S/C13H20O3S2/c1-12-8-6(10(14-12)17-3)5-7-9(8)13(2,16-12)15-11(7)18-4/h6-11H,5H2,1-4H3/t6-,7+,8-,9+,10-,11-,12+,13-/m0/s1. The Balaban J connectivity index is 1.76. The Morgan fingerprint density at radius 2 is 1.33 bits per heavy atom. The van der Waals surface area contributed by atoms with Crippen LogP contribution >= 0.6 is 23.5 Å². The maximum absolute atomic E-state index is 6.28. The molecule has 0 bridgehead atoms. The Morgan fingerprint density at radius 1 is 0.889 bits per heavy atom. The fourth-order valence-corrected chi connectivity index (χ4v) is 6.79. The van der Waals surface area contributed by atoms with Crippen LogP contribution in [0.1, 0.15) is 20.3 Å². The second-order valence-electron chi connectivity index (χ2n) is 6.19. The monoisotopic (exact) mass is 288 g/mol. The number of thioether (sulfide) groups is 2. The summed E-state index contributed by atoms with van der Waals surface area (Å²) in [4.78, 5) is 0. The van der Waals surface area contributed by atoms with Crippen LogP contribution in [-0.2, 0) is 14.2 Å². The van der Waals surface area contributed by atoms with Crippen LogP contribution in [0.2, 0.25) is 0 Å². The van der Waals surface area contributed by atoms with Crippen LogP contribution in [0.25, 0.3) is 0 Å². The van der Waals surface area contributed by atoms with Crippen LogP contribution in [0.15, 0.2) is 0 Å². The van der Waals surface area contributed by atoms with Gasteiger partial charge in [-0.2, -0.15) is 0 Å². The highest BCUT2D eigenvalue weighted by Crippen LogP contribution is 2.70. The largest absolute Gasteiger partial charge is 0.336 e. The van der Waals surface area contributed by atoms with Crippen molar-refractivity contribution in [3.8, 4) is 0 Å². The minimum atomic E-state index is -0.421. The van der Waals surface area contributed by atoms with Gasteiger partial charge in [-0.1, -0.05) is 0 Å². The summed E-state index contributed by atoms with van der Waals surface area (Å²) in [6.45, 7) is 4.23. The average Bonchev–Trinajstić information content (AvgIpc) is 2.95. The molecule has 0 radical (unpaired) electrons. The molecule has 3 saturated heterocycles. The van der Waals surface area contributed by atoms with E-state index in [-0.39, 0.29) is 0 Å². The zero-order chi connectivity index (χ0) is 12.7. The van der Waals surface area contributed by atoms with E-state index in [9.17, 15) is 0 Å². The summed E-state index contributed by atoms with van der Waals surface area (Å²) in [5.41, 5.74) is 0.607. The highest BCUT2D eigenvalue weighted by Gasteiger charge is 2.76. The van der Waals surface area contributed by atoms with E-state index in [0.29, 0.717) is 34.5 Å². The summed E-state index contributed by atoms with van der Waals surface area (Å²) in [5, 5.41) is 0. The van der Waals surface area contributed by atoms with Crippen LogP contribution in [0.3, 0.4) is 0 Å². The zero-order valence-electron chi connectivity index (χ0n) is 11.2.